The van der Waals surface area contributed by atoms with E-state index in [4.69, 9.17) is 0 Å². The summed E-state index contributed by atoms with van der Waals surface area (Å²) >= 11 is 1.40. The zero-order valence-electron chi connectivity index (χ0n) is 14.3. The summed E-state index contributed by atoms with van der Waals surface area (Å²) in [7, 11) is -3.84. The molecular weight excluding hydrogens is 391 g/mol. The molecule has 0 atom stereocenters. The molecule has 1 aliphatic heterocycles. The summed E-state index contributed by atoms with van der Waals surface area (Å²) in [6, 6.07) is 6.95. The van der Waals surface area contributed by atoms with Crippen LogP contribution in [-0.4, -0.2) is 48.3 Å². The summed E-state index contributed by atoms with van der Waals surface area (Å²) in [4.78, 5) is 18.1. The van der Waals surface area contributed by atoms with Crippen molar-refractivity contribution in [1.29, 1.82) is 0 Å². The smallest absolute Gasteiger partial charge is 0.258 e. The maximum absolute atomic E-state index is 13.9. The molecule has 0 amide bonds. The Hall–Kier alpha value is -2.14. The van der Waals surface area contributed by atoms with E-state index in [1.54, 1.807) is 6.20 Å². The van der Waals surface area contributed by atoms with Gasteiger partial charge in [0.05, 0.1) is 26.2 Å². The number of rotatable bonds is 4. The number of aromatic nitrogens is 2. The highest BCUT2D eigenvalue weighted by atomic mass is 32.2. The van der Waals surface area contributed by atoms with Gasteiger partial charge in [-0.05, 0) is 12.1 Å². The molecule has 0 unspecified atom stereocenters. The maximum atomic E-state index is 13.9. The van der Waals surface area contributed by atoms with E-state index >= 15 is 0 Å². The van der Waals surface area contributed by atoms with E-state index in [0.29, 0.717) is 43.4 Å². The molecule has 27 heavy (non-hydrogen) atoms. The SMILES string of the molecule is O=c1cc(C[NH+]2CCN(S(=O)(=O)c3ccccc3F)CC2)nc2sccn12. The van der Waals surface area contributed by atoms with Gasteiger partial charge in [-0.2, -0.15) is 4.31 Å². The number of hydrogen-bond acceptors (Lipinski definition) is 5. The van der Waals surface area contributed by atoms with E-state index in [9.17, 15) is 17.6 Å². The van der Waals surface area contributed by atoms with Gasteiger partial charge in [-0.15, -0.1) is 11.3 Å². The minimum absolute atomic E-state index is 0.114. The van der Waals surface area contributed by atoms with Crippen LogP contribution >= 0.6 is 11.3 Å². The lowest BCUT2D eigenvalue weighted by Gasteiger charge is -2.31. The summed E-state index contributed by atoms with van der Waals surface area (Å²) in [5.74, 6) is -0.735. The fourth-order valence-corrected chi connectivity index (χ4v) is 5.49. The van der Waals surface area contributed by atoms with Crippen molar-refractivity contribution in [3.8, 4) is 0 Å². The summed E-state index contributed by atoms with van der Waals surface area (Å²) in [6.07, 6.45) is 1.69. The van der Waals surface area contributed by atoms with Crippen molar-refractivity contribution in [1.82, 2.24) is 13.7 Å². The number of thiazole rings is 1. The Morgan fingerprint density at radius 3 is 2.70 bits per heavy atom. The molecule has 2 aromatic heterocycles. The Bertz CT molecular complexity index is 1130. The molecule has 1 aliphatic rings. The summed E-state index contributed by atoms with van der Waals surface area (Å²) in [6.45, 7) is 2.29. The van der Waals surface area contributed by atoms with E-state index in [1.165, 1.54) is 44.3 Å². The number of halogens is 1. The molecule has 0 saturated carbocycles. The monoisotopic (exact) mass is 409 g/mol. The van der Waals surface area contributed by atoms with E-state index < -0.39 is 15.8 Å². The average molecular weight is 409 g/mol. The third-order valence-electron chi connectivity index (χ3n) is 4.67. The zero-order chi connectivity index (χ0) is 19.0. The Morgan fingerprint density at radius 2 is 1.96 bits per heavy atom. The minimum Gasteiger partial charge on any atom is -0.328 e. The third kappa shape index (κ3) is 3.53. The van der Waals surface area contributed by atoms with Crippen LogP contribution in [0.25, 0.3) is 4.96 Å². The van der Waals surface area contributed by atoms with Gasteiger partial charge >= 0.3 is 0 Å². The largest absolute Gasteiger partial charge is 0.328 e. The number of benzene rings is 1. The molecule has 4 rings (SSSR count). The highest BCUT2D eigenvalue weighted by Crippen LogP contribution is 2.18. The van der Waals surface area contributed by atoms with E-state index in [-0.39, 0.29) is 10.5 Å². The standard InChI is InChI=1S/C17H17FN4O3S2/c18-14-3-1-2-4-15(14)27(24,25)21-7-5-20(6-8-21)12-13-11-16(23)22-9-10-26-17(22)19-13/h1-4,9-11H,5-8,12H2/p+1. The van der Waals surface area contributed by atoms with Crippen molar-refractivity contribution in [3.05, 3.63) is 63.8 Å². The highest BCUT2D eigenvalue weighted by molar-refractivity contribution is 7.89. The number of piperazine rings is 1. The van der Waals surface area contributed by atoms with Gasteiger partial charge in [-0.3, -0.25) is 9.20 Å². The van der Waals surface area contributed by atoms with Gasteiger partial charge in [0.15, 0.2) is 4.96 Å². The molecule has 0 aliphatic carbocycles. The van der Waals surface area contributed by atoms with Gasteiger partial charge < -0.3 is 4.90 Å². The predicted octanol–water partition coefficient (Wildman–Crippen LogP) is -0.0155. The first-order valence-electron chi connectivity index (χ1n) is 8.49. The quantitative estimate of drug-likeness (QED) is 0.658. The van der Waals surface area contributed by atoms with Gasteiger partial charge in [0.25, 0.3) is 5.56 Å². The Labute approximate surface area is 159 Å². The van der Waals surface area contributed by atoms with E-state index in [2.05, 4.69) is 4.98 Å². The molecule has 142 valence electrons. The second kappa shape index (κ2) is 7.12. The van der Waals surface area contributed by atoms with E-state index in [1.807, 2.05) is 5.38 Å². The molecule has 1 aromatic carbocycles. The number of hydrogen-bond donors (Lipinski definition) is 1. The van der Waals surface area contributed by atoms with Crippen LogP contribution in [0.1, 0.15) is 5.69 Å². The first kappa shape index (κ1) is 18.2. The zero-order valence-corrected chi connectivity index (χ0v) is 16.0. The van der Waals surface area contributed by atoms with Crippen LogP contribution in [0, 0.1) is 5.82 Å². The van der Waals surface area contributed by atoms with Crippen molar-refractivity contribution >= 4 is 26.3 Å². The lowest BCUT2D eigenvalue weighted by molar-refractivity contribution is -0.917. The summed E-state index contributed by atoms with van der Waals surface area (Å²) in [5, 5.41) is 1.81. The molecule has 0 spiro atoms. The average Bonchev–Trinajstić information content (AvgIpc) is 3.11. The number of sulfonamides is 1. The Morgan fingerprint density at radius 1 is 1.22 bits per heavy atom. The fraction of sp³-hybridized carbons (Fsp3) is 0.294. The normalized spacial score (nSPS) is 16.8. The van der Waals surface area contributed by atoms with Crippen LogP contribution in [0.15, 0.2) is 51.6 Å². The van der Waals surface area contributed by atoms with Gasteiger partial charge in [0, 0.05) is 17.6 Å². The van der Waals surface area contributed by atoms with Gasteiger partial charge in [-0.25, -0.2) is 17.8 Å². The van der Waals surface area contributed by atoms with Crippen LogP contribution in [-0.2, 0) is 16.6 Å². The summed E-state index contributed by atoms with van der Waals surface area (Å²) < 4.78 is 42.0. The van der Waals surface area contributed by atoms with Gasteiger partial charge in [0.2, 0.25) is 10.0 Å². The van der Waals surface area contributed by atoms with Crippen LogP contribution in [0.5, 0.6) is 0 Å². The first-order valence-corrected chi connectivity index (χ1v) is 10.8. The fourth-order valence-electron chi connectivity index (χ4n) is 3.25. The Kier molecular flexibility index (Phi) is 4.81. The molecule has 1 fully saturated rings. The van der Waals surface area contributed by atoms with Crippen molar-refractivity contribution in [2.45, 2.75) is 11.4 Å². The third-order valence-corrected chi connectivity index (χ3v) is 7.36. The predicted molar refractivity (Wildman–Crippen MR) is 98.9 cm³/mol. The number of nitrogens with zero attached hydrogens (tertiary/aromatic N) is 3. The molecule has 1 N–H and O–H groups in total. The topological polar surface area (TPSA) is 76.2 Å². The molecule has 0 bridgehead atoms. The minimum atomic E-state index is -3.84. The van der Waals surface area contributed by atoms with Crippen LogP contribution < -0.4 is 10.5 Å². The molecule has 0 radical (unpaired) electrons. The number of fused-ring (bicyclic) bond motifs is 1. The number of quaternary nitrogens is 1. The highest BCUT2D eigenvalue weighted by Gasteiger charge is 2.32. The number of nitrogens with one attached hydrogen (secondary N) is 1. The maximum Gasteiger partial charge on any atom is 0.258 e. The summed E-state index contributed by atoms with van der Waals surface area (Å²) in [5.41, 5.74) is 0.583. The van der Waals surface area contributed by atoms with Crippen LogP contribution in [0.2, 0.25) is 0 Å². The molecular formula is C17H18FN4O3S2+. The van der Waals surface area contributed by atoms with Crippen molar-refractivity contribution in [2.75, 3.05) is 26.2 Å². The van der Waals surface area contributed by atoms with Gasteiger partial charge in [-0.1, -0.05) is 12.1 Å². The van der Waals surface area contributed by atoms with Crippen LogP contribution in [0.4, 0.5) is 4.39 Å². The molecule has 7 nitrogen and oxygen atoms in total. The van der Waals surface area contributed by atoms with Crippen molar-refractivity contribution < 1.29 is 17.7 Å². The van der Waals surface area contributed by atoms with Gasteiger partial charge in [0.1, 0.15) is 23.0 Å². The van der Waals surface area contributed by atoms with Crippen LogP contribution in [0.3, 0.4) is 0 Å². The molecule has 10 heteroatoms. The van der Waals surface area contributed by atoms with Crippen molar-refractivity contribution in [3.63, 3.8) is 0 Å². The second-order valence-corrected chi connectivity index (χ2v) is 9.18. The van der Waals surface area contributed by atoms with Crippen molar-refractivity contribution in [2.24, 2.45) is 0 Å². The van der Waals surface area contributed by atoms with E-state index in [0.717, 1.165) is 11.0 Å². The Balaban J connectivity index is 1.45. The molecule has 3 heterocycles. The first-order chi connectivity index (χ1) is 12.9. The lowest BCUT2D eigenvalue weighted by Crippen LogP contribution is -3.13. The molecule has 1 saturated heterocycles. The second-order valence-electron chi connectivity index (χ2n) is 6.40. The lowest BCUT2D eigenvalue weighted by atomic mass is 10.3. The molecule has 3 aromatic rings.